The Morgan fingerprint density at radius 3 is 2.00 bits per heavy atom. The van der Waals surface area contributed by atoms with Gasteiger partial charge in [-0.05, 0) is 36.8 Å². The van der Waals surface area contributed by atoms with Crippen LogP contribution < -0.4 is 5.32 Å². The number of nitrogens with one attached hydrogen (secondary N) is 1. The van der Waals surface area contributed by atoms with E-state index in [4.69, 9.17) is 0 Å². The van der Waals surface area contributed by atoms with Gasteiger partial charge in [-0.2, -0.15) is 0 Å². The largest absolute Gasteiger partial charge is 0.316 e. The van der Waals surface area contributed by atoms with E-state index in [9.17, 15) is 0 Å². The smallest absolute Gasteiger partial charge is 0.00251 e. The van der Waals surface area contributed by atoms with Crippen LogP contribution in [0.25, 0.3) is 0 Å². The number of nitrogens with zero attached hydrogens (tertiary/aromatic N) is 1. The molecule has 0 aromatic carbocycles. The van der Waals surface area contributed by atoms with E-state index < -0.39 is 0 Å². The van der Waals surface area contributed by atoms with E-state index in [0.717, 1.165) is 23.7 Å². The first-order valence-electron chi connectivity index (χ1n) is 6.92. The van der Waals surface area contributed by atoms with Gasteiger partial charge in [-0.1, -0.05) is 34.6 Å². The molecule has 1 saturated heterocycles. The first-order valence-corrected chi connectivity index (χ1v) is 6.92. The lowest BCUT2D eigenvalue weighted by Gasteiger charge is -2.29. The molecule has 0 aliphatic carbocycles. The van der Waals surface area contributed by atoms with Crippen molar-refractivity contribution in [2.24, 2.45) is 23.7 Å². The average Bonchev–Trinajstić information content (AvgIpc) is 2.49. The van der Waals surface area contributed by atoms with E-state index in [0.29, 0.717) is 0 Å². The van der Waals surface area contributed by atoms with Crippen molar-refractivity contribution in [2.75, 3.05) is 32.7 Å². The molecule has 0 saturated carbocycles. The minimum Gasteiger partial charge on any atom is -0.316 e. The summed E-state index contributed by atoms with van der Waals surface area (Å²) in [5.74, 6) is 3.27. The topological polar surface area (TPSA) is 15.3 Å². The summed E-state index contributed by atoms with van der Waals surface area (Å²) in [6, 6.07) is 0. The first-order chi connectivity index (χ1) is 7.49. The van der Waals surface area contributed by atoms with E-state index in [1.165, 1.54) is 32.7 Å². The predicted molar refractivity (Wildman–Crippen MR) is 71.6 cm³/mol. The summed E-state index contributed by atoms with van der Waals surface area (Å²) in [5, 5.41) is 3.51. The fraction of sp³-hybridized carbons (Fsp3) is 1.00. The van der Waals surface area contributed by atoms with E-state index in [-0.39, 0.29) is 0 Å². The Hall–Kier alpha value is -0.0800. The van der Waals surface area contributed by atoms with Crippen LogP contribution in [0.3, 0.4) is 0 Å². The highest BCUT2D eigenvalue weighted by Crippen LogP contribution is 2.18. The molecule has 0 aromatic rings. The SMILES string of the molecule is CC(C)CN(CC(C)C)C[C@@H]1CNC[C@H]1C. The standard InChI is InChI=1S/C14H30N2/c1-11(2)8-16(9-12(3)4)10-14-7-15-6-13(14)5/h11-15H,6-10H2,1-5H3/t13-,14+/m1/s1. The van der Waals surface area contributed by atoms with Gasteiger partial charge in [0.2, 0.25) is 0 Å². The van der Waals surface area contributed by atoms with Crippen molar-refractivity contribution in [2.45, 2.75) is 34.6 Å². The van der Waals surface area contributed by atoms with Crippen molar-refractivity contribution >= 4 is 0 Å². The maximum absolute atomic E-state index is 3.51. The zero-order valence-corrected chi connectivity index (χ0v) is 11.8. The Labute approximate surface area is 102 Å². The molecule has 0 bridgehead atoms. The fourth-order valence-corrected chi connectivity index (χ4v) is 2.70. The molecule has 16 heavy (non-hydrogen) atoms. The van der Waals surface area contributed by atoms with Gasteiger partial charge in [0.15, 0.2) is 0 Å². The molecule has 2 nitrogen and oxygen atoms in total. The van der Waals surface area contributed by atoms with Crippen LogP contribution in [0.2, 0.25) is 0 Å². The molecule has 1 aliphatic heterocycles. The fourth-order valence-electron chi connectivity index (χ4n) is 2.70. The third kappa shape index (κ3) is 4.84. The molecule has 96 valence electrons. The highest BCUT2D eigenvalue weighted by Gasteiger charge is 2.25. The molecule has 1 aliphatic rings. The lowest BCUT2D eigenvalue weighted by molar-refractivity contribution is 0.179. The van der Waals surface area contributed by atoms with E-state index >= 15 is 0 Å². The van der Waals surface area contributed by atoms with Gasteiger partial charge >= 0.3 is 0 Å². The van der Waals surface area contributed by atoms with Crippen molar-refractivity contribution in [3.8, 4) is 0 Å². The minimum absolute atomic E-state index is 0.781. The lowest BCUT2D eigenvalue weighted by Crippen LogP contribution is -2.37. The van der Waals surface area contributed by atoms with Crippen LogP contribution in [0.5, 0.6) is 0 Å². The second-order valence-corrected chi connectivity index (χ2v) is 6.40. The normalized spacial score (nSPS) is 26.2. The Kier molecular flexibility index (Phi) is 5.77. The van der Waals surface area contributed by atoms with Crippen molar-refractivity contribution < 1.29 is 0 Å². The van der Waals surface area contributed by atoms with Crippen molar-refractivity contribution in [3.05, 3.63) is 0 Å². The van der Waals surface area contributed by atoms with Gasteiger partial charge in [-0.3, -0.25) is 0 Å². The molecule has 0 amide bonds. The lowest BCUT2D eigenvalue weighted by atomic mass is 9.96. The van der Waals surface area contributed by atoms with Gasteiger partial charge in [0.1, 0.15) is 0 Å². The quantitative estimate of drug-likeness (QED) is 0.748. The summed E-state index contributed by atoms with van der Waals surface area (Å²) in [4.78, 5) is 2.67. The summed E-state index contributed by atoms with van der Waals surface area (Å²) in [6.45, 7) is 17.9. The third-order valence-corrected chi connectivity index (χ3v) is 3.42. The van der Waals surface area contributed by atoms with Crippen molar-refractivity contribution in [1.82, 2.24) is 10.2 Å². The highest BCUT2D eigenvalue weighted by atomic mass is 15.1. The molecular formula is C14H30N2. The summed E-state index contributed by atoms with van der Waals surface area (Å²) in [6.07, 6.45) is 0. The molecular weight excluding hydrogens is 196 g/mol. The van der Waals surface area contributed by atoms with Crippen LogP contribution in [0, 0.1) is 23.7 Å². The van der Waals surface area contributed by atoms with E-state index in [1.807, 2.05) is 0 Å². The summed E-state index contributed by atoms with van der Waals surface area (Å²) in [5.41, 5.74) is 0. The molecule has 1 N–H and O–H groups in total. The Bertz CT molecular complexity index is 179. The molecule has 1 heterocycles. The van der Waals surface area contributed by atoms with Gasteiger partial charge in [0.05, 0.1) is 0 Å². The Balaban J connectivity index is 2.41. The average molecular weight is 226 g/mol. The maximum atomic E-state index is 3.51. The van der Waals surface area contributed by atoms with Crippen molar-refractivity contribution in [1.29, 1.82) is 0 Å². The summed E-state index contributed by atoms with van der Waals surface area (Å²) >= 11 is 0. The highest BCUT2D eigenvalue weighted by molar-refractivity contribution is 4.81. The van der Waals surface area contributed by atoms with Crippen LogP contribution in [-0.4, -0.2) is 37.6 Å². The first kappa shape index (κ1) is 14.0. The molecule has 0 unspecified atom stereocenters. The van der Waals surface area contributed by atoms with Crippen LogP contribution >= 0.6 is 0 Å². The molecule has 0 spiro atoms. The number of hydrogen-bond acceptors (Lipinski definition) is 2. The van der Waals surface area contributed by atoms with Crippen LogP contribution in [-0.2, 0) is 0 Å². The zero-order valence-electron chi connectivity index (χ0n) is 11.8. The zero-order chi connectivity index (χ0) is 12.1. The molecule has 1 rings (SSSR count). The molecule has 1 fully saturated rings. The van der Waals surface area contributed by atoms with E-state index in [1.54, 1.807) is 0 Å². The number of rotatable bonds is 6. The molecule has 2 heteroatoms. The summed E-state index contributed by atoms with van der Waals surface area (Å²) < 4.78 is 0. The van der Waals surface area contributed by atoms with Gasteiger partial charge in [0.25, 0.3) is 0 Å². The van der Waals surface area contributed by atoms with Gasteiger partial charge < -0.3 is 10.2 Å². The second-order valence-electron chi connectivity index (χ2n) is 6.40. The second kappa shape index (κ2) is 6.61. The van der Waals surface area contributed by atoms with Crippen LogP contribution in [0.4, 0.5) is 0 Å². The van der Waals surface area contributed by atoms with Crippen molar-refractivity contribution in [3.63, 3.8) is 0 Å². The monoisotopic (exact) mass is 226 g/mol. The Morgan fingerprint density at radius 2 is 1.62 bits per heavy atom. The predicted octanol–water partition coefficient (Wildman–Crippen LogP) is 2.46. The molecule has 0 radical (unpaired) electrons. The van der Waals surface area contributed by atoms with Gasteiger partial charge in [0, 0.05) is 19.6 Å². The summed E-state index contributed by atoms with van der Waals surface area (Å²) in [7, 11) is 0. The van der Waals surface area contributed by atoms with Gasteiger partial charge in [-0.15, -0.1) is 0 Å². The number of hydrogen-bond donors (Lipinski definition) is 1. The third-order valence-electron chi connectivity index (χ3n) is 3.42. The molecule has 2 atom stereocenters. The minimum atomic E-state index is 0.781. The molecule has 0 aromatic heterocycles. The van der Waals surface area contributed by atoms with Crippen LogP contribution in [0.1, 0.15) is 34.6 Å². The van der Waals surface area contributed by atoms with Crippen LogP contribution in [0.15, 0.2) is 0 Å². The van der Waals surface area contributed by atoms with Gasteiger partial charge in [-0.25, -0.2) is 0 Å². The van der Waals surface area contributed by atoms with E-state index in [2.05, 4.69) is 44.8 Å². The Morgan fingerprint density at radius 1 is 1.06 bits per heavy atom. The maximum Gasteiger partial charge on any atom is 0.00251 e.